The van der Waals surface area contributed by atoms with E-state index in [1.54, 1.807) is 0 Å². The highest BCUT2D eigenvalue weighted by Crippen LogP contribution is 2.29. The van der Waals surface area contributed by atoms with E-state index in [1.807, 2.05) is 0 Å². The van der Waals surface area contributed by atoms with E-state index < -0.39 is 0 Å². The molecular formula is C15H23NO2. The molecule has 3 rings (SSSR count). The number of nitrogens with zero attached hydrogens (tertiary/aromatic N) is 1. The van der Waals surface area contributed by atoms with Crippen molar-refractivity contribution in [2.24, 2.45) is 5.92 Å². The molecule has 2 saturated heterocycles. The summed E-state index contributed by atoms with van der Waals surface area (Å²) in [5.41, 5.74) is 0. The van der Waals surface area contributed by atoms with Gasteiger partial charge in [-0.1, -0.05) is 0 Å². The molecule has 2 heterocycles. The number of ether oxygens (including phenoxy) is 2. The highest BCUT2D eigenvalue weighted by molar-refractivity contribution is 5.26. The Kier molecular flexibility index (Phi) is 3.89. The second kappa shape index (κ2) is 5.79. The third-order valence-electron chi connectivity index (χ3n) is 4.08. The summed E-state index contributed by atoms with van der Waals surface area (Å²) in [5, 5.41) is 0. The van der Waals surface area contributed by atoms with Crippen LogP contribution in [0.25, 0.3) is 0 Å². The second-order valence-corrected chi connectivity index (χ2v) is 5.48. The average molecular weight is 249 g/mol. The van der Waals surface area contributed by atoms with Crippen LogP contribution in [0.3, 0.4) is 0 Å². The minimum atomic E-state index is 0.646. The van der Waals surface area contributed by atoms with E-state index in [1.165, 1.54) is 45.3 Å². The standard InChI is InChI=1S/C15H23NO2/c1-2-8-16(7-1)9-3-4-13-5-6-14-15(12-13)18-11-10-17-14/h6,12-13H,1-5,7-11H2. The van der Waals surface area contributed by atoms with Crippen LogP contribution in [-0.4, -0.2) is 37.7 Å². The number of allylic oxidation sites excluding steroid dienone is 2. The maximum Gasteiger partial charge on any atom is 0.157 e. The van der Waals surface area contributed by atoms with Crippen LogP contribution in [0.1, 0.15) is 32.1 Å². The first-order valence-electron chi connectivity index (χ1n) is 7.32. The number of hydrogen-bond acceptors (Lipinski definition) is 3. The highest BCUT2D eigenvalue weighted by atomic mass is 16.6. The molecule has 0 spiro atoms. The molecule has 3 heteroatoms. The van der Waals surface area contributed by atoms with Gasteiger partial charge in [0.25, 0.3) is 0 Å². The van der Waals surface area contributed by atoms with Crippen LogP contribution >= 0.6 is 0 Å². The summed E-state index contributed by atoms with van der Waals surface area (Å²) >= 11 is 0. The molecular weight excluding hydrogens is 226 g/mol. The van der Waals surface area contributed by atoms with E-state index in [2.05, 4.69) is 17.1 Å². The molecule has 0 aromatic carbocycles. The van der Waals surface area contributed by atoms with Gasteiger partial charge in [0, 0.05) is 0 Å². The third-order valence-corrected chi connectivity index (χ3v) is 4.08. The summed E-state index contributed by atoms with van der Waals surface area (Å²) in [4.78, 5) is 2.59. The SMILES string of the molecule is C1=C2OCCOC2=CC(CCCN2CCCC2)C1. The zero-order valence-corrected chi connectivity index (χ0v) is 11.1. The molecule has 3 nitrogen and oxygen atoms in total. The Morgan fingerprint density at radius 2 is 1.89 bits per heavy atom. The fraction of sp³-hybridized carbons (Fsp3) is 0.733. The van der Waals surface area contributed by atoms with Gasteiger partial charge in [-0.2, -0.15) is 0 Å². The largest absolute Gasteiger partial charge is 0.486 e. The van der Waals surface area contributed by atoms with E-state index in [0.29, 0.717) is 19.1 Å². The number of rotatable bonds is 4. The zero-order chi connectivity index (χ0) is 12.2. The molecule has 0 amide bonds. The van der Waals surface area contributed by atoms with Crippen molar-refractivity contribution in [3.8, 4) is 0 Å². The molecule has 0 bridgehead atoms. The topological polar surface area (TPSA) is 21.7 Å². The summed E-state index contributed by atoms with van der Waals surface area (Å²) in [5.74, 6) is 2.60. The minimum absolute atomic E-state index is 0.646. The van der Waals surface area contributed by atoms with Gasteiger partial charge in [-0.25, -0.2) is 0 Å². The molecule has 0 aromatic rings. The minimum Gasteiger partial charge on any atom is -0.486 e. The van der Waals surface area contributed by atoms with Gasteiger partial charge in [-0.15, -0.1) is 0 Å². The Labute approximate surface area is 109 Å². The number of hydrogen-bond donors (Lipinski definition) is 0. The van der Waals surface area contributed by atoms with E-state index >= 15 is 0 Å². The predicted octanol–water partition coefficient (Wildman–Crippen LogP) is 2.70. The first-order chi connectivity index (χ1) is 8.92. The van der Waals surface area contributed by atoms with E-state index in [0.717, 1.165) is 17.9 Å². The van der Waals surface area contributed by atoms with Crippen molar-refractivity contribution in [2.75, 3.05) is 32.8 Å². The van der Waals surface area contributed by atoms with Crippen molar-refractivity contribution >= 4 is 0 Å². The highest BCUT2D eigenvalue weighted by Gasteiger charge is 2.21. The molecule has 1 atom stereocenters. The number of fused-ring (bicyclic) bond motifs is 1. The molecule has 18 heavy (non-hydrogen) atoms. The van der Waals surface area contributed by atoms with Gasteiger partial charge in [-0.05, 0) is 69.8 Å². The summed E-state index contributed by atoms with van der Waals surface area (Å²) in [7, 11) is 0. The van der Waals surface area contributed by atoms with Crippen molar-refractivity contribution < 1.29 is 9.47 Å². The summed E-state index contributed by atoms with van der Waals surface area (Å²) < 4.78 is 11.2. The van der Waals surface area contributed by atoms with Gasteiger partial charge < -0.3 is 14.4 Å². The molecule has 2 fully saturated rings. The van der Waals surface area contributed by atoms with Gasteiger partial charge in [0.2, 0.25) is 0 Å². The lowest BCUT2D eigenvalue weighted by Crippen LogP contribution is -2.21. The van der Waals surface area contributed by atoms with Crippen molar-refractivity contribution in [3.05, 3.63) is 23.7 Å². The number of likely N-dealkylation sites (tertiary alicyclic amines) is 1. The molecule has 2 aliphatic heterocycles. The molecule has 0 radical (unpaired) electrons. The van der Waals surface area contributed by atoms with Crippen molar-refractivity contribution in [1.82, 2.24) is 4.90 Å². The Bertz CT molecular complexity index is 342. The maximum atomic E-state index is 5.65. The first kappa shape index (κ1) is 12.1. The smallest absolute Gasteiger partial charge is 0.157 e. The van der Waals surface area contributed by atoms with Gasteiger partial charge in [0.05, 0.1) is 0 Å². The third kappa shape index (κ3) is 2.89. The van der Waals surface area contributed by atoms with Crippen LogP contribution in [-0.2, 0) is 9.47 Å². The van der Waals surface area contributed by atoms with Gasteiger partial charge in [-0.3, -0.25) is 0 Å². The summed E-state index contributed by atoms with van der Waals surface area (Å²) in [6.45, 7) is 5.29. The Morgan fingerprint density at radius 1 is 1.11 bits per heavy atom. The van der Waals surface area contributed by atoms with Crippen LogP contribution in [0.15, 0.2) is 23.7 Å². The van der Waals surface area contributed by atoms with E-state index in [4.69, 9.17) is 9.47 Å². The fourth-order valence-electron chi connectivity index (χ4n) is 3.06. The lowest BCUT2D eigenvalue weighted by Gasteiger charge is -2.26. The molecule has 3 aliphatic rings. The molecule has 0 N–H and O–H groups in total. The van der Waals surface area contributed by atoms with Crippen LogP contribution in [0, 0.1) is 5.92 Å². The van der Waals surface area contributed by atoms with Crippen molar-refractivity contribution in [1.29, 1.82) is 0 Å². The van der Waals surface area contributed by atoms with E-state index in [-0.39, 0.29) is 0 Å². The van der Waals surface area contributed by atoms with Gasteiger partial charge in [0.15, 0.2) is 11.5 Å². The first-order valence-corrected chi connectivity index (χ1v) is 7.32. The Morgan fingerprint density at radius 3 is 2.72 bits per heavy atom. The molecule has 1 unspecified atom stereocenters. The quantitative estimate of drug-likeness (QED) is 0.764. The van der Waals surface area contributed by atoms with Crippen LogP contribution in [0.5, 0.6) is 0 Å². The lowest BCUT2D eigenvalue weighted by atomic mass is 9.94. The van der Waals surface area contributed by atoms with Crippen LogP contribution < -0.4 is 0 Å². The van der Waals surface area contributed by atoms with E-state index in [9.17, 15) is 0 Å². The van der Waals surface area contributed by atoms with Crippen LogP contribution in [0.2, 0.25) is 0 Å². The Balaban J connectivity index is 1.43. The molecule has 100 valence electrons. The predicted molar refractivity (Wildman–Crippen MR) is 71.1 cm³/mol. The Hall–Kier alpha value is -0.960. The van der Waals surface area contributed by atoms with Crippen molar-refractivity contribution in [3.63, 3.8) is 0 Å². The average Bonchev–Trinajstić information content (AvgIpc) is 2.92. The van der Waals surface area contributed by atoms with Gasteiger partial charge in [0.1, 0.15) is 13.2 Å². The lowest BCUT2D eigenvalue weighted by molar-refractivity contribution is 0.0552. The fourth-order valence-corrected chi connectivity index (χ4v) is 3.06. The van der Waals surface area contributed by atoms with Gasteiger partial charge >= 0.3 is 0 Å². The molecule has 1 aliphatic carbocycles. The van der Waals surface area contributed by atoms with Crippen molar-refractivity contribution in [2.45, 2.75) is 32.1 Å². The summed E-state index contributed by atoms with van der Waals surface area (Å²) in [6, 6.07) is 0. The normalized spacial score (nSPS) is 27.9. The second-order valence-electron chi connectivity index (χ2n) is 5.48. The monoisotopic (exact) mass is 249 g/mol. The zero-order valence-electron chi connectivity index (χ0n) is 11.1. The summed E-state index contributed by atoms with van der Waals surface area (Å²) in [6.07, 6.45) is 11.0. The maximum absolute atomic E-state index is 5.65. The van der Waals surface area contributed by atoms with Crippen LogP contribution in [0.4, 0.5) is 0 Å². The molecule has 0 saturated carbocycles. The molecule has 0 aromatic heterocycles.